The van der Waals surface area contributed by atoms with E-state index in [2.05, 4.69) is 16.4 Å². The van der Waals surface area contributed by atoms with Crippen molar-refractivity contribution in [2.24, 2.45) is 5.92 Å². The fraction of sp³-hybridized carbons (Fsp3) is 0.556. The van der Waals surface area contributed by atoms with Crippen molar-refractivity contribution in [1.29, 1.82) is 5.26 Å². The van der Waals surface area contributed by atoms with Gasteiger partial charge in [-0.05, 0) is 57.7 Å². The quantitative estimate of drug-likeness (QED) is 0.838. The Morgan fingerprint density at radius 2 is 2.08 bits per heavy atom. The molecule has 1 aliphatic heterocycles. The zero-order chi connectivity index (χ0) is 18.0. The molecule has 0 bridgehead atoms. The summed E-state index contributed by atoms with van der Waals surface area (Å²) < 4.78 is 7.32. The third-order valence-corrected chi connectivity index (χ3v) is 4.34. The molecule has 1 amide bonds. The van der Waals surface area contributed by atoms with Crippen molar-refractivity contribution < 1.29 is 9.53 Å². The highest BCUT2D eigenvalue weighted by atomic mass is 16.6. The van der Waals surface area contributed by atoms with E-state index in [1.165, 1.54) is 0 Å². The fourth-order valence-corrected chi connectivity index (χ4v) is 3.05. The molecule has 7 heteroatoms. The Balaban J connectivity index is 1.59. The molecule has 7 nitrogen and oxygen atoms in total. The molecule has 1 aromatic carbocycles. The minimum absolute atomic E-state index is 0.235. The molecule has 1 saturated heterocycles. The molecular weight excluding hydrogens is 318 g/mol. The molecule has 0 saturated carbocycles. The number of carbonyl (C=O) groups is 1. The number of hydrogen-bond donors (Lipinski definition) is 0. The summed E-state index contributed by atoms with van der Waals surface area (Å²) in [6, 6.07) is 7.55. The van der Waals surface area contributed by atoms with Gasteiger partial charge in [-0.25, -0.2) is 9.48 Å². The van der Waals surface area contributed by atoms with Gasteiger partial charge in [-0.3, -0.25) is 0 Å². The summed E-state index contributed by atoms with van der Waals surface area (Å²) in [6.07, 6.45) is 1.59. The molecule has 0 aliphatic carbocycles. The molecule has 0 unspecified atom stereocenters. The van der Waals surface area contributed by atoms with Crippen LogP contribution in [0.15, 0.2) is 18.2 Å². The topological polar surface area (TPSA) is 84.0 Å². The van der Waals surface area contributed by atoms with Crippen LogP contribution in [0.5, 0.6) is 0 Å². The van der Waals surface area contributed by atoms with E-state index in [0.717, 1.165) is 30.4 Å². The van der Waals surface area contributed by atoms with Crippen LogP contribution in [0, 0.1) is 17.2 Å². The number of piperidine rings is 1. The van der Waals surface area contributed by atoms with Gasteiger partial charge in [0.15, 0.2) is 0 Å². The molecule has 1 aliphatic rings. The van der Waals surface area contributed by atoms with Crippen LogP contribution in [0.25, 0.3) is 11.0 Å². The normalized spacial score (nSPS) is 16.0. The lowest BCUT2D eigenvalue weighted by molar-refractivity contribution is 0.0177. The maximum Gasteiger partial charge on any atom is 0.410 e. The Bertz CT molecular complexity index is 807. The predicted molar refractivity (Wildman–Crippen MR) is 92.8 cm³/mol. The molecule has 1 fully saturated rings. The minimum atomic E-state index is -0.462. The average Bonchev–Trinajstić information content (AvgIpc) is 2.96. The molecule has 1 aromatic heterocycles. The molecule has 132 valence electrons. The first-order valence-corrected chi connectivity index (χ1v) is 8.57. The van der Waals surface area contributed by atoms with E-state index in [-0.39, 0.29) is 6.09 Å². The van der Waals surface area contributed by atoms with Gasteiger partial charge in [0, 0.05) is 19.6 Å². The average molecular weight is 341 g/mol. The zero-order valence-corrected chi connectivity index (χ0v) is 14.9. The van der Waals surface area contributed by atoms with Gasteiger partial charge in [0.1, 0.15) is 11.1 Å². The highest BCUT2D eigenvalue weighted by molar-refractivity contribution is 5.75. The highest BCUT2D eigenvalue weighted by Crippen LogP contribution is 2.22. The van der Waals surface area contributed by atoms with Crippen molar-refractivity contribution in [1.82, 2.24) is 19.9 Å². The fourth-order valence-electron chi connectivity index (χ4n) is 3.05. The first-order valence-electron chi connectivity index (χ1n) is 8.57. The number of hydrogen-bond acceptors (Lipinski definition) is 5. The largest absolute Gasteiger partial charge is 0.444 e. The van der Waals surface area contributed by atoms with Gasteiger partial charge in [0.2, 0.25) is 0 Å². The van der Waals surface area contributed by atoms with Gasteiger partial charge in [-0.1, -0.05) is 5.21 Å². The smallest absolute Gasteiger partial charge is 0.410 e. The van der Waals surface area contributed by atoms with Crippen LogP contribution < -0.4 is 0 Å². The predicted octanol–water partition coefficient (Wildman–Crippen LogP) is 2.95. The van der Waals surface area contributed by atoms with E-state index in [0.29, 0.717) is 24.6 Å². The number of fused-ring (bicyclic) bond motifs is 1. The van der Waals surface area contributed by atoms with Crippen LogP contribution in [-0.4, -0.2) is 44.7 Å². The number of carbonyl (C=O) groups excluding carboxylic acids is 1. The van der Waals surface area contributed by atoms with Crippen LogP contribution in [0.2, 0.25) is 0 Å². The first kappa shape index (κ1) is 17.2. The Morgan fingerprint density at radius 1 is 1.36 bits per heavy atom. The number of ether oxygens (including phenoxy) is 1. The molecule has 25 heavy (non-hydrogen) atoms. The maximum absolute atomic E-state index is 12.1. The number of nitrogens with zero attached hydrogens (tertiary/aromatic N) is 5. The van der Waals surface area contributed by atoms with Gasteiger partial charge in [0.25, 0.3) is 0 Å². The van der Waals surface area contributed by atoms with E-state index in [9.17, 15) is 4.79 Å². The molecule has 0 atom stereocenters. The maximum atomic E-state index is 12.1. The second kappa shape index (κ2) is 6.71. The summed E-state index contributed by atoms with van der Waals surface area (Å²) in [5.74, 6) is 0.444. The van der Waals surface area contributed by atoms with Gasteiger partial charge in [-0.2, -0.15) is 5.26 Å². The monoisotopic (exact) mass is 341 g/mol. The van der Waals surface area contributed by atoms with Crippen molar-refractivity contribution in [3.05, 3.63) is 23.8 Å². The summed E-state index contributed by atoms with van der Waals surface area (Å²) >= 11 is 0. The summed E-state index contributed by atoms with van der Waals surface area (Å²) in [4.78, 5) is 13.9. The SMILES string of the molecule is CC(C)(C)OC(=O)N1CCC(Cn2nnc3cc(C#N)ccc32)CC1. The Kier molecular flexibility index (Phi) is 4.62. The lowest BCUT2D eigenvalue weighted by Gasteiger charge is -2.33. The standard InChI is InChI=1S/C18H23N5O2/c1-18(2,3)25-17(24)22-8-6-13(7-9-22)12-23-16-5-4-14(11-19)10-15(16)20-21-23/h4-5,10,13H,6-9,12H2,1-3H3. The number of likely N-dealkylation sites (tertiary alicyclic amines) is 1. The number of nitriles is 1. The second-order valence-electron chi connectivity index (χ2n) is 7.50. The van der Waals surface area contributed by atoms with Gasteiger partial charge in [0.05, 0.1) is 17.1 Å². The summed E-state index contributed by atoms with van der Waals surface area (Å²) in [6.45, 7) is 7.81. The van der Waals surface area contributed by atoms with E-state index in [1.54, 1.807) is 17.0 Å². The van der Waals surface area contributed by atoms with E-state index in [4.69, 9.17) is 10.00 Å². The summed E-state index contributed by atoms with van der Waals surface area (Å²) in [7, 11) is 0. The first-order chi connectivity index (χ1) is 11.9. The molecule has 0 radical (unpaired) electrons. The van der Waals surface area contributed by atoms with E-state index >= 15 is 0 Å². The van der Waals surface area contributed by atoms with Crippen molar-refractivity contribution in [2.45, 2.75) is 45.8 Å². The summed E-state index contributed by atoms with van der Waals surface area (Å²) in [5, 5.41) is 17.3. The zero-order valence-electron chi connectivity index (χ0n) is 14.9. The number of rotatable bonds is 2. The molecule has 0 spiro atoms. The van der Waals surface area contributed by atoms with Crippen LogP contribution in [0.3, 0.4) is 0 Å². The molecule has 2 aromatic rings. The minimum Gasteiger partial charge on any atom is -0.444 e. The number of benzene rings is 1. The van der Waals surface area contributed by atoms with Crippen LogP contribution in [0.4, 0.5) is 4.79 Å². The van der Waals surface area contributed by atoms with Crippen molar-refractivity contribution in [2.75, 3.05) is 13.1 Å². The van der Waals surface area contributed by atoms with Crippen molar-refractivity contribution in [3.8, 4) is 6.07 Å². The summed E-state index contributed by atoms with van der Waals surface area (Å²) in [5.41, 5.74) is 1.81. The lowest BCUT2D eigenvalue weighted by Crippen LogP contribution is -2.42. The third kappa shape index (κ3) is 4.08. The Morgan fingerprint density at radius 3 is 2.72 bits per heavy atom. The second-order valence-corrected chi connectivity index (χ2v) is 7.50. The van der Waals surface area contributed by atoms with Crippen LogP contribution in [0.1, 0.15) is 39.2 Å². The van der Waals surface area contributed by atoms with Gasteiger partial charge < -0.3 is 9.64 Å². The van der Waals surface area contributed by atoms with Gasteiger partial charge in [-0.15, -0.1) is 5.10 Å². The number of amides is 1. The Labute approximate surface area is 147 Å². The van der Waals surface area contributed by atoms with E-state index in [1.807, 2.05) is 31.5 Å². The van der Waals surface area contributed by atoms with Crippen molar-refractivity contribution >= 4 is 17.1 Å². The van der Waals surface area contributed by atoms with Crippen molar-refractivity contribution in [3.63, 3.8) is 0 Å². The molecule has 2 heterocycles. The Hall–Kier alpha value is -2.62. The third-order valence-electron chi connectivity index (χ3n) is 4.34. The van der Waals surface area contributed by atoms with Gasteiger partial charge >= 0.3 is 6.09 Å². The van der Waals surface area contributed by atoms with Crippen LogP contribution in [-0.2, 0) is 11.3 Å². The van der Waals surface area contributed by atoms with E-state index < -0.39 is 5.60 Å². The highest BCUT2D eigenvalue weighted by Gasteiger charge is 2.27. The van der Waals surface area contributed by atoms with Crippen LogP contribution >= 0.6 is 0 Å². The molecular formula is C18H23N5O2. The number of aromatic nitrogens is 3. The lowest BCUT2D eigenvalue weighted by atomic mass is 9.97. The molecule has 3 rings (SSSR count). The molecule has 0 N–H and O–H groups in total.